The van der Waals surface area contributed by atoms with Crippen molar-refractivity contribution < 1.29 is 9.53 Å². The van der Waals surface area contributed by atoms with E-state index in [9.17, 15) is 4.79 Å². The number of carbonyl (C=O) groups is 1. The highest BCUT2D eigenvalue weighted by atomic mass is 35.5. The molecular formula is C19H21ClN2O2S. The van der Waals surface area contributed by atoms with Gasteiger partial charge in [-0.05, 0) is 62.3 Å². The summed E-state index contributed by atoms with van der Waals surface area (Å²) in [6.45, 7) is 6.18. The van der Waals surface area contributed by atoms with Gasteiger partial charge >= 0.3 is 5.97 Å². The number of thiocarbonyl (C=S) groups is 1. The molecule has 25 heavy (non-hydrogen) atoms. The van der Waals surface area contributed by atoms with Crippen molar-refractivity contribution in [2.24, 2.45) is 0 Å². The molecule has 0 aromatic heterocycles. The maximum Gasteiger partial charge on any atom is 0.337 e. The molecular weight excluding hydrogens is 356 g/mol. The van der Waals surface area contributed by atoms with Crippen LogP contribution in [0.1, 0.15) is 40.0 Å². The van der Waals surface area contributed by atoms with Gasteiger partial charge in [-0.2, -0.15) is 0 Å². The molecule has 0 spiro atoms. The Morgan fingerprint density at radius 1 is 1.20 bits per heavy atom. The molecule has 0 saturated heterocycles. The fourth-order valence-electron chi connectivity index (χ4n) is 2.61. The van der Waals surface area contributed by atoms with Crippen molar-refractivity contribution in [2.75, 3.05) is 12.4 Å². The van der Waals surface area contributed by atoms with Gasteiger partial charge in [-0.1, -0.05) is 35.4 Å². The molecule has 1 atom stereocenters. The molecule has 0 bridgehead atoms. The predicted molar refractivity (Wildman–Crippen MR) is 106 cm³/mol. The van der Waals surface area contributed by atoms with Crippen LogP contribution in [-0.2, 0) is 4.74 Å². The van der Waals surface area contributed by atoms with E-state index in [0.29, 0.717) is 21.4 Å². The molecule has 2 aromatic rings. The molecule has 2 rings (SSSR count). The fourth-order valence-corrected chi connectivity index (χ4v) is 3.06. The number of ether oxygens (including phenoxy) is 1. The zero-order valence-electron chi connectivity index (χ0n) is 14.6. The Labute approximate surface area is 158 Å². The van der Waals surface area contributed by atoms with Gasteiger partial charge in [0, 0.05) is 0 Å². The summed E-state index contributed by atoms with van der Waals surface area (Å²) in [5.41, 5.74) is 4.55. The minimum Gasteiger partial charge on any atom is -0.465 e. The van der Waals surface area contributed by atoms with Gasteiger partial charge in [-0.3, -0.25) is 0 Å². The molecule has 0 saturated carbocycles. The molecule has 2 N–H and O–H groups in total. The average molecular weight is 377 g/mol. The van der Waals surface area contributed by atoms with Crippen LogP contribution in [0.5, 0.6) is 0 Å². The molecule has 0 heterocycles. The van der Waals surface area contributed by atoms with Crippen LogP contribution in [0.3, 0.4) is 0 Å². The lowest BCUT2D eigenvalue weighted by atomic mass is 10.0. The van der Waals surface area contributed by atoms with Gasteiger partial charge in [0.1, 0.15) is 0 Å². The molecule has 0 aliphatic rings. The monoisotopic (exact) mass is 376 g/mol. The van der Waals surface area contributed by atoms with Crippen LogP contribution in [0.2, 0.25) is 5.02 Å². The van der Waals surface area contributed by atoms with Gasteiger partial charge in [0.2, 0.25) is 0 Å². The first-order chi connectivity index (χ1) is 11.8. The van der Waals surface area contributed by atoms with E-state index in [0.717, 1.165) is 0 Å². The van der Waals surface area contributed by atoms with Crippen molar-refractivity contribution >= 4 is 40.6 Å². The molecule has 0 aliphatic heterocycles. The van der Waals surface area contributed by atoms with Crippen LogP contribution in [-0.4, -0.2) is 18.2 Å². The van der Waals surface area contributed by atoms with Crippen LogP contribution in [0.25, 0.3) is 0 Å². The lowest BCUT2D eigenvalue weighted by molar-refractivity contribution is 0.0601. The van der Waals surface area contributed by atoms with Crippen molar-refractivity contribution in [1.29, 1.82) is 0 Å². The minimum absolute atomic E-state index is 0.0307. The SMILES string of the molecule is COC(=O)c1ccc(Cl)c(NC(=S)NC(C)c2ccc(C)cc2C)c1. The number of nitrogens with one attached hydrogen (secondary N) is 2. The van der Waals surface area contributed by atoms with Gasteiger partial charge in [0.25, 0.3) is 0 Å². The quantitative estimate of drug-likeness (QED) is 0.593. The van der Waals surface area contributed by atoms with Crippen LogP contribution in [0.15, 0.2) is 36.4 Å². The number of aryl methyl sites for hydroxylation is 2. The maximum absolute atomic E-state index is 11.6. The number of esters is 1. The molecule has 2 aromatic carbocycles. The van der Waals surface area contributed by atoms with Crippen molar-refractivity contribution in [3.8, 4) is 0 Å². The Morgan fingerprint density at radius 2 is 1.92 bits per heavy atom. The van der Waals surface area contributed by atoms with Gasteiger partial charge in [-0.25, -0.2) is 4.79 Å². The smallest absolute Gasteiger partial charge is 0.337 e. The minimum atomic E-state index is -0.428. The van der Waals surface area contributed by atoms with E-state index in [1.165, 1.54) is 23.8 Å². The van der Waals surface area contributed by atoms with E-state index in [1.807, 2.05) is 6.92 Å². The Balaban J connectivity index is 2.10. The number of carbonyl (C=O) groups excluding carboxylic acids is 1. The largest absolute Gasteiger partial charge is 0.465 e. The lowest BCUT2D eigenvalue weighted by Crippen LogP contribution is -2.31. The average Bonchev–Trinajstić information content (AvgIpc) is 2.55. The molecule has 0 amide bonds. The van der Waals surface area contributed by atoms with Crippen molar-refractivity contribution in [3.63, 3.8) is 0 Å². The zero-order chi connectivity index (χ0) is 18.6. The molecule has 1 unspecified atom stereocenters. The highest BCUT2D eigenvalue weighted by molar-refractivity contribution is 7.80. The van der Waals surface area contributed by atoms with Gasteiger partial charge in [-0.15, -0.1) is 0 Å². The third kappa shape index (κ3) is 4.94. The van der Waals surface area contributed by atoms with Crippen LogP contribution >= 0.6 is 23.8 Å². The second-order valence-electron chi connectivity index (χ2n) is 5.87. The standard InChI is InChI=1S/C19H21ClN2O2S/c1-11-5-7-15(12(2)9-11)13(3)21-19(25)22-17-10-14(18(23)24-4)6-8-16(17)20/h5-10,13H,1-4H3,(H2,21,22,25). The molecule has 0 radical (unpaired) electrons. The lowest BCUT2D eigenvalue weighted by Gasteiger charge is -2.20. The Morgan fingerprint density at radius 3 is 2.56 bits per heavy atom. The highest BCUT2D eigenvalue weighted by Gasteiger charge is 2.13. The summed E-state index contributed by atoms with van der Waals surface area (Å²) in [5, 5.41) is 7.18. The van der Waals surface area contributed by atoms with E-state index in [-0.39, 0.29) is 6.04 Å². The van der Waals surface area contributed by atoms with E-state index in [2.05, 4.69) is 42.7 Å². The van der Waals surface area contributed by atoms with E-state index in [1.54, 1.807) is 18.2 Å². The Kier molecular flexibility index (Phi) is 6.39. The topological polar surface area (TPSA) is 50.4 Å². The summed E-state index contributed by atoms with van der Waals surface area (Å²) < 4.78 is 4.72. The van der Waals surface area contributed by atoms with Crippen LogP contribution in [0, 0.1) is 13.8 Å². The molecule has 0 fully saturated rings. The van der Waals surface area contributed by atoms with Gasteiger partial charge < -0.3 is 15.4 Å². The summed E-state index contributed by atoms with van der Waals surface area (Å²) in [5.74, 6) is -0.428. The first-order valence-corrected chi connectivity index (χ1v) is 8.63. The van der Waals surface area contributed by atoms with Crippen LogP contribution < -0.4 is 10.6 Å². The van der Waals surface area contributed by atoms with Crippen molar-refractivity contribution in [3.05, 3.63) is 63.7 Å². The summed E-state index contributed by atoms with van der Waals surface area (Å²) in [4.78, 5) is 11.6. The Bertz CT molecular complexity index is 808. The van der Waals surface area contributed by atoms with E-state index in [4.69, 9.17) is 28.6 Å². The zero-order valence-corrected chi connectivity index (χ0v) is 16.2. The molecule has 4 nitrogen and oxygen atoms in total. The number of rotatable bonds is 4. The Hall–Kier alpha value is -2.11. The number of anilines is 1. The van der Waals surface area contributed by atoms with Crippen molar-refractivity contribution in [1.82, 2.24) is 5.32 Å². The fraction of sp³-hybridized carbons (Fsp3) is 0.263. The molecule has 6 heteroatoms. The highest BCUT2D eigenvalue weighted by Crippen LogP contribution is 2.24. The third-order valence-corrected chi connectivity index (χ3v) is 4.42. The second kappa shape index (κ2) is 8.32. The summed E-state index contributed by atoms with van der Waals surface area (Å²) in [6.07, 6.45) is 0. The third-order valence-electron chi connectivity index (χ3n) is 3.88. The second-order valence-corrected chi connectivity index (χ2v) is 6.68. The van der Waals surface area contributed by atoms with Crippen LogP contribution in [0.4, 0.5) is 5.69 Å². The first-order valence-electron chi connectivity index (χ1n) is 7.84. The number of methoxy groups -OCH3 is 1. The number of hydrogen-bond acceptors (Lipinski definition) is 3. The maximum atomic E-state index is 11.6. The molecule has 132 valence electrons. The number of halogens is 1. The first kappa shape index (κ1) is 19.2. The summed E-state index contributed by atoms with van der Waals surface area (Å²) >= 11 is 11.6. The summed E-state index contributed by atoms with van der Waals surface area (Å²) in [6, 6.07) is 11.2. The molecule has 0 aliphatic carbocycles. The number of benzene rings is 2. The van der Waals surface area contributed by atoms with Crippen molar-refractivity contribution in [2.45, 2.75) is 26.8 Å². The van der Waals surface area contributed by atoms with E-state index >= 15 is 0 Å². The van der Waals surface area contributed by atoms with E-state index < -0.39 is 5.97 Å². The normalized spacial score (nSPS) is 11.6. The number of hydrogen-bond donors (Lipinski definition) is 2. The summed E-state index contributed by atoms with van der Waals surface area (Å²) in [7, 11) is 1.34. The van der Waals surface area contributed by atoms with Gasteiger partial charge in [0.15, 0.2) is 5.11 Å². The predicted octanol–water partition coefficient (Wildman–Crippen LogP) is 4.79. The van der Waals surface area contributed by atoms with Gasteiger partial charge in [0.05, 0.1) is 29.4 Å².